The normalized spacial score (nSPS) is 10.2. The number of aryl methyl sites for hydroxylation is 1. The topological polar surface area (TPSA) is 97.6 Å². The van der Waals surface area contributed by atoms with Gasteiger partial charge in [-0.3, -0.25) is 14.8 Å². The number of nitro benzene ring substituents is 1. The van der Waals surface area contributed by atoms with Crippen molar-refractivity contribution in [2.24, 2.45) is 0 Å². The Morgan fingerprint density at radius 3 is 2.70 bits per heavy atom. The molecule has 1 aromatic heterocycles. The van der Waals surface area contributed by atoms with E-state index in [9.17, 15) is 10.1 Å². The highest BCUT2D eigenvalue weighted by Crippen LogP contribution is 2.18. The molecule has 7 heteroatoms. The summed E-state index contributed by atoms with van der Waals surface area (Å²) >= 11 is 0. The fraction of sp³-hybridized carbons (Fsp3) is 0.308. The molecule has 0 N–H and O–H groups in total. The highest BCUT2D eigenvalue weighted by atomic mass is 16.6. The second-order valence-electron chi connectivity index (χ2n) is 4.25. The number of unbranched alkanes of at least 4 members (excludes halogenated alkanes) is 2. The maximum atomic E-state index is 10.6. The molecule has 7 nitrogen and oxygen atoms in total. The number of nitriles is 1. The van der Waals surface area contributed by atoms with Crippen molar-refractivity contribution in [2.75, 3.05) is 0 Å². The molecule has 0 atom stereocenters. The molecule has 1 aromatic carbocycles. The predicted molar refractivity (Wildman–Crippen MR) is 71.6 cm³/mol. The van der Waals surface area contributed by atoms with Crippen molar-refractivity contribution in [1.29, 1.82) is 5.26 Å². The zero-order chi connectivity index (χ0) is 14.4. The van der Waals surface area contributed by atoms with Gasteiger partial charge in [0.15, 0.2) is 5.82 Å². The first-order chi connectivity index (χ1) is 9.70. The number of nitrogens with zero attached hydrogens (tertiary/aromatic N) is 5. The van der Waals surface area contributed by atoms with Crippen molar-refractivity contribution in [2.45, 2.75) is 25.8 Å². The monoisotopic (exact) mass is 271 g/mol. The highest BCUT2D eigenvalue weighted by Gasteiger charge is 2.08. The van der Waals surface area contributed by atoms with Crippen LogP contribution in [-0.2, 0) is 6.54 Å². The van der Waals surface area contributed by atoms with Crippen LogP contribution in [0, 0.1) is 21.4 Å². The van der Waals surface area contributed by atoms with Crippen molar-refractivity contribution in [3.8, 4) is 17.5 Å². The SMILES string of the molecule is N#CCCCCn1cnc(-c2ccc([N+](=O)[O-])cc2)n1. The molecule has 0 aliphatic heterocycles. The van der Waals surface area contributed by atoms with Crippen LogP contribution in [0.3, 0.4) is 0 Å². The van der Waals surface area contributed by atoms with Crippen molar-refractivity contribution < 1.29 is 4.92 Å². The molecule has 2 aromatic rings. The number of hydrogen-bond acceptors (Lipinski definition) is 5. The Hall–Kier alpha value is -2.75. The Balaban J connectivity index is 2.01. The first-order valence-electron chi connectivity index (χ1n) is 6.22. The van der Waals surface area contributed by atoms with Crippen molar-refractivity contribution in [3.63, 3.8) is 0 Å². The van der Waals surface area contributed by atoms with Gasteiger partial charge in [-0.15, -0.1) is 0 Å². The molecular weight excluding hydrogens is 258 g/mol. The summed E-state index contributed by atoms with van der Waals surface area (Å²) in [6.07, 6.45) is 3.88. The van der Waals surface area contributed by atoms with Crippen LogP contribution in [0.1, 0.15) is 19.3 Å². The van der Waals surface area contributed by atoms with E-state index in [0.717, 1.165) is 18.4 Å². The van der Waals surface area contributed by atoms with Gasteiger partial charge in [0, 0.05) is 30.7 Å². The number of nitro groups is 1. The van der Waals surface area contributed by atoms with Crippen molar-refractivity contribution in [1.82, 2.24) is 14.8 Å². The zero-order valence-corrected chi connectivity index (χ0v) is 10.8. The highest BCUT2D eigenvalue weighted by molar-refractivity contribution is 5.56. The van der Waals surface area contributed by atoms with Gasteiger partial charge < -0.3 is 0 Å². The molecule has 1 heterocycles. The Kier molecular flexibility index (Phi) is 4.39. The molecule has 0 bridgehead atoms. The summed E-state index contributed by atoms with van der Waals surface area (Å²) in [6.45, 7) is 0.710. The first-order valence-corrected chi connectivity index (χ1v) is 6.22. The largest absolute Gasteiger partial charge is 0.269 e. The van der Waals surface area contributed by atoms with Gasteiger partial charge in [0.25, 0.3) is 5.69 Å². The summed E-state index contributed by atoms with van der Waals surface area (Å²) in [5.74, 6) is 0.542. The van der Waals surface area contributed by atoms with Gasteiger partial charge >= 0.3 is 0 Å². The van der Waals surface area contributed by atoms with Crippen LogP contribution in [0.2, 0.25) is 0 Å². The van der Waals surface area contributed by atoms with Gasteiger partial charge in [0.2, 0.25) is 0 Å². The van der Waals surface area contributed by atoms with E-state index in [0.29, 0.717) is 18.8 Å². The molecule has 0 saturated carbocycles. The third-order valence-corrected chi connectivity index (χ3v) is 2.80. The fourth-order valence-corrected chi connectivity index (χ4v) is 1.74. The number of rotatable bonds is 6. The van der Waals surface area contributed by atoms with Gasteiger partial charge in [-0.05, 0) is 25.0 Å². The summed E-state index contributed by atoms with van der Waals surface area (Å²) in [5.41, 5.74) is 0.788. The third-order valence-electron chi connectivity index (χ3n) is 2.80. The van der Waals surface area contributed by atoms with Gasteiger partial charge in [-0.1, -0.05) is 0 Å². The smallest absolute Gasteiger partial charge is 0.258 e. The van der Waals surface area contributed by atoms with E-state index in [1.807, 2.05) is 0 Å². The maximum absolute atomic E-state index is 10.6. The van der Waals surface area contributed by atoms with Crippen LogP contribution in [0.5, 0.6) is 0 Å². The van der Waals surface area contributed by atoms with Crippen LogP contribution < -0.4 is 0 Å². The zero-order valence-electron chi connectivity index (χ0n) is 10.8. The minimum Gasteiger partial charge on any atom is -0.258 e. The predicted octanol–water partition coefficient (Wildman–Crippen LogP) is 2.55. The first kappa shape index (κ1) is 13.7. The quantitative estimate of drug-likeness (QED) is 0.457. The molecule has 0 aliphatic carbocycles. The number of benzene rings is 1. The molecular formula is C13H13N5O2. The molecule has 102 valence electrons. The van der Waals surface area contributed by atoms with E-state index < -0.39 is 4.92 Å². The van der Waals surface area contributed by atoms with Crippen molar-refractivity contribution >= 4 is 5.69 Å². The molecule has 0 radical (unpaired) electrons. The van der Waals surface area contributed by atoms with E-state index in [1.165, 1.54) is 12.1 Å². The lowest BCUT2D eigenvalue weighted by molar-refractivity contribution is -0.384. The second-order valence-corrected chi connectivity index (χ2v) is 4.25. The van der Waals surface area contributed by atoms with Crippen LogP contribution >= 0.6 is 0 Å². The van der Waals surface area contributed by atoms with E-state index in [-0.39, 0.29) is 5.69 Å². The fourth-order valence-electron chi connectivity index (χ4n) is 1.74. The average Bonchev–Trinajstić information content (AvgIpc) is 2.92. The summed E-state index contributed by atoms with van der Waals surface area (Å²) < 4.78 is 1.72. The van der Waals surface area contributed by atoms with Gasteiger partial charge in [0.05, 0.1) is 11.0 Å². The number of non-ortho nitro benzene ring substituents is 1. The molecule has 20 heavy (non-hydrogen) atoms. The molecule has 0 spiro atoms. The van der Waals surface area contributed by atoms with E-state index in [2.05, 4.69) is 16.2 Å². The van der Waals surface area contributed by atoms with Crippen LogP contribution in [0.4, 0.5) is 5.69 Å². The lowest BCUT2D eigenvalue weighted by Gasteiger charge is -1.98. The lowest BCUT2D eigenvalue weighted by atomic mass is 10.2. The van der Waals surface area contributed by atoms with Crippen LogP contribution in [0.15, 0.2) is 30.6 Å². The number of hydrogen-bond donors (Lipinski definition) is 0. The number of aromatic nitrogens is 3. The van der Waals surface area contributed by atoms with Gasteiger partial charge in [-0.25, -0.2) is 4.98 Å². The molecule has 0 aliphatic rings. The summed E-state index contributed by atoms with van der Waals surface area (Å²) in [5, 5.41) is 23.3. The Morgan fingerprint density at radius 2 is 2.05 bits per heavy atom. The second kappa shape index (κ2) is 6.43. The average molecular weight is 271 g/mol. The minimum absolute atomic E-state index is 0.0460. The summed E-state index contributed by atoms with van der Waals surface area (Å²) in [7, 11) is 0. The van der Waals surface area contributed by atoms with E-state index in [4.69, 9.17) is 5.26 Å². The molecule has 0 amide bonds. The third kappa shape index (κ3) is 3.38. The van der Waals surface area contributed by atoms with E-state index in [1.54, 1.807) is 23.1 Å². The molecule has 2 rings (SSSR count). The molecule has 0 unspecified atom stereocenters. The van der Waals surface area contributed by atoms with Gasteiger partial charge in [-0.2, -0.15) is 10.4 Å². The standard InChI is InChI=1S/C13H13N5O2/c14-8-2-1-3-9-17-10-15-13(16-17)11-4-6-12(7-5-11)18(19)20/h4-7,10H,1-3,9H2. The van der Waals surface area contributed by atoms with E-state index >= 15 is 0 Å². The van der Waals surface area contributed by atoms with Crippen LogP contribution in [-0.4, -0.2) is 19.7 Å². The summed E-state index contributed by atoms with van der Waals surface area (Å²) in [6, 6.07) is 8.23. The summed E-state index contributed by atoms with van der Waals surface area (Å²) in [4.78, 5) is 14.3. The lowest BCUT2D eigenvalue weighted by Crippen LogP contribution is -1.98. The Bertz CT molecular complexity index is 627. The maximum Gasteiger partial charge on any atom is 0.269 e. The Labute approximate surface area is 115 Å². The molecule has 0 saturated heterocycles. The van der Waals surface area contributed by atoms with Crippen molar-refractivity contribution in [3.05, 3.63) is 40.7 Å². The minimum atomic E-state index is -0.439. The molecule has 0 fully saturated rings. The van der Waals surface area contributed by atoms with Gasteiger partial charge in [0.1, 0.15) is 6.33 Å². The van der Waals surface area contributed by atoms with Crippen LogP contribution in [0.25, 0.3) is 11.4 Å². The Morgan fingerprint density at radius 1 is 1.30 bits per heavy atom.